The topological polar surface area (TPSA) is 50.7 Å². The van der Waals surface area contributed by atoms with Crippen LogP contribution in [0.15, 0.2) is 12.1 Å². The van der Waals surface area contributed by atoms with E-state index in [1.807, 2.05) is 6.92 Å². The normalized spacial score (nSPS) is 12.4. The van der Waals surface area contributed by atoms with Gasteiger partial charge in [-0.2, -0.15) is 0 Å². The number of aliphatic hydroxyl groups is 1. The summed E-state index contributed by atoms with van der Waals surface area (Å²) >= 11 is 0. The molecule has 2 N–H and O–H groups in total. The highest BCUT2D eigenvalue weighted by atomic mass is 19.1. The van der Waals surface area contributed by atoms with Gasteiger partial charge in [0.15, 0.2) is 0 Å². The number of aryl methyl sites for hydroxylation is 1. The van der Waals surface area contributed by atoms with Gasteiger partial charge in [0.05, 0.1) is 31.6 Å². The summed E-state index contributed by atoms with van der Waals surface area (Å²) in [5, 5.41) is 12.3. The third-order valence-corrected chi connectivity index (χ3v) is 2.66. The molecule has 1 atom stereocenters. The molecule has 0 spiro atoms. The summed E-state index contributed by atoms with van der Waals surface area (Å²) in [5.74, 6) is -1.04. The van der Waals surface area contributed by atoms with Crippen molar-refractivity contribution in [1.82, 2.24) is 0 Å². The van der Waals surface area contributed by atoms with Crippen LogP contribution in [0.5, 0.6) is 0 Å². The van der Waals surface area contributed by atoms with Crippen LogP contribution < -0.4 is 5.32 Å². The molecule has 0 saturated carbocycles. The van der Waals surface area contributed by atoms with Gasteiger partial charge >= 0.3 is 0 Å². The average Bonchev–Trinajstić information content (AvgIpc) is 2.41. The number of hydrogen-bond acceptors (Lipinski definition) is 4. The average molecular weight is 289 g/mol. The van der Waals surface area contributed by atoms with Crippen LogP contribution in [-0.4, -0.2) is 44.2 Å². The maximum absolute atomic E-state index is 13.5. The van der Waals surface area contributed by atoms with E-state index in [1.54, 1.807) is 0 Å². The molecule has 0 heterocycles. The number of anilines is 1. The molecule has 0 aliphatic heterocycles. The third-order valence-electron chi connectivity index (χ3n) is 2.66. The maximum Gasteiger partial charge on any atom is 0.146 e. The number of hydrogen-bond donors (Lipinski definition) is 2. The lowest BCUT2D eigenvalue weighted by molar-refractivity contribution is 0.0103. The lowest BCUT2D eigenvalue weighted by atomic mass is 10.2. The lowest BCUT2D eigenvalue weighted by Gasteiger charge is -2.14. The molecular formula is C14H21F2NO3. The fraction of sp³-hybridized carbons (Fsp3) is 0.571. The van der Waals surface area contributed by atoms with Gasteiger partial charge in [-0.3, -0.25) is 0 Å². The van der Waals surface area contributed by atoms with Gasteiger partial charge in [0.1, 0.15) is 11.6 Å². The van der Waals surface area contributed by atoms with E-state index in [2.05, 4.69) is 5.32 Å². The molecule has 6 heteroatoms. The fourth-order valence-electron chi connectivity index (χ4n) is 1.55. The maximum atomic E-state index is 13.5. The van der Waals surface area contributed by atoms with Crippen molar-refractivity contribution in [3.8, 4) is 0 Å². The van der Waals surface area contributed by atoms with Crippen LogP contribution in [0.4, 0.5) is 14.5 Å². The van der Waals surface area contributed by atoms with Crippen molar-refractivity contribution < 1.29 is 23.4 Å². The van der Waals surface area contributed by atoms with Gasteiger partial charge < -0.3 is 19.9 Å². The van der Waals surface area contributed by atoms with Crippen molar-refractivity contribution in [2.75, 3.05) is 38.3 Å². The molecule has 0 aromatic heterocycles. The standard InChI is InChI=1S/C14H21F2NO3/c1-3-19-4-5-20-9-11(18)8-17-14-7-12(15)10(2)6-13(14)16/h6-7,11,17-18H,3-5,8-9H2,1-2H3. The Kier molecular flexibility index (Phi) is 7.43. The summed E-state index contributed by atoms with van der Waals surface area (Å²) in [6.07, 6.45) is -0.805. The molecule has 0 saturated heterocycles. The molecular weight excluding hydrogens is 268 g/mol. The number of ether oxygens (including phenoxy) is 2. The molecule has 0 aliphatic rings. The second kappa shape index (κ2) is 8.84. The van der Waals surface area contributed by atoms with Gasteiger partial charge in [0.25, 0.3) is 0 Å². The zero-order valence-electron chi connectivity index (χ0n) is 11.8. The van der Waals surface area contributed by atoms with Crippen molar-refractivity contribution in [1.29, 1.82) is 0 Å². The molecule has 1 unspecified atom stereocenters. The largest absolute Gasteiger partial charge is 0.389 e. The molecule has 1 aromatic carbocycles. The van der Waals surface area contributed by atoms with E-state index in [-0.39, 0.29) is 24.4 Å². The number of halogens is 2. The molecule has 4 nitrogen and oxygen atoms in total. The summed E-state index contributed by atoms with van der Waals surface area (Å²) in [6.45, 7) is 5.03. The first-order valence-corrected chi connectivity index (χ1v) is 6.57. The van der Waals surface area contributed by atoms with Crippen molar-refractivity contribution in [2.24, 2.45) is 0 Å². The van der Waals surface area contributed by atoms with Gasteiger partial charge in [0, 0.05) is 19.2 Å². The van der Waals surface area contributed by atoms with Gasteiger partial charge in [-0.25, -0.2) is 8.78 Å². The minimum Gasteiger partial charge on any atom is -0.389 e. The molecule has 1 aromatic rings. The second-order valence-corrected chi connectivity index (χ2v) is 4.39. The summed E-state index contributed by atoms with van der Waals surface area (Å²) in [4.78, 5) is 0. The number of aliphatic hydroxyl groups excluding tert-OH is 1. The van der Waals surface area contributed by atoms with Crippen molar-refractivity contribution in [2.45, 2.75) is 20.0 Å². The van der Waals surface area contributed by atoms with Crippen LogP contribution >= 0.6 is 0 Å². The molecule has 1 rings (SSSR count). The SMILES string of the molecule is CCOCCOCC(O)CNc1cc(F)c(C)cc1F. The van der Waals surface area contributed by atoms with Crippen LogP contribution in [0.3, 0.4) is 0 Å². The van der Waals surface area contributed by atoms with Crippen LogP contribution in [0.1, 0.15) is 12.5 Å². The van der Waals surface area contributed by atoms with Gasteiger partial charge in [-0.05, 0) is 25.5 Å². The van der Waals surface area contributed by atoms with Gasteiger partial charge in [-0.1, -0.05) is 0 Å². The Balaban J connectivity index is 2.30. The fourth-order valence-corrected chi connectivity index (χ4v) is 1.55. The summed E-state index contributed by atoms with van der Waals surface area (Å²) in [6, 6.07) is 2.19. The Morgan fingerprint density at radius 3 is 2.60 bits per heavy atom. The predicted octanol–water partition coefficient (Wildman–Crippen LogP) is 2.10. The van der Waals surface area contributed by atoms with Crippen LogP contribution in [-0.2, 0) is 9.47 Å². The van der Waals surface area contributed by atoms with Crippen molar-refractivity contribution >= 4 is 5.69 Å². The summed E-state index contributed by atoms with van der Waals surface area (Å²) < 4.78 is 37.1. The first kappa shape index (κ1) is 16.8. The predicted molar refractivity (Wildman–Crippen MR) is 72.9 cm³/mol. The third kappa shape index (κ3) is 5.81. The summed E-state index contributed by atoms with van der Waals surface area (Å²) in [7, 11) is 0. The van der Waals surface area contributed by atoms with Gasteiger partial charge in [0.2, 0.25) is 0 Å². The Hall–Kier alpha value is -1.24. The lowest BCUT2D eigenvalue weighted by Crippen LogP contribution is -2.26. The van der Waals surface area contributed by atoms with Crippen LogP contribution in [0.2, 0.25) is 0 Å². The minimum atomic E-state index is -0.805. The Morgan fingerprint density at radius 1 is 1.20 bits per heavy atom. The van der Waals surface area contributed by atoms with E-state index in [0.29, 0.717) is 19.8 Å². The first-order chi connectivity index (χ1) is 9.54. The van der Waals surface area contributed by atoms with E-state index in [1.165, 1.54) is 6.92 Å². The van der Waals surface area contributed by atoms with Crippen molar-refractivity contribution in [3.63, 3.8) is 0 Å². The molecule has 0 aliphatic carbocycles. The molecule has 0 bridgehead atoms. The first-order valence-electron chi connectivity index (χ1n) is 6.57. The summed E-state index contributed by atoms with van der Waals surface area (Å²) in [5.41, 5.74) is 0.273. The highest BCUT2D eigenvalue weighted by molar-refractivity contribution is 5.46. The molecule has 114 valence electrons. The van der Waals surface area contributed by atoms with Crippen LogP contribution in [0, 0.1) is 18.6 Å². The monoisotopic (exact) mass is 289 g/mol. The molecule has 0 radical (unpaired) electrons. The van der Waals surface area contributed by atoms with E-state index in [4.69, 9.17) is 9.47 Å². The van der Waals surface area contributed by atoms with Crippen LogP contribution in [0.25, 0.3) is 0 Å². The zero-order valence-corrected chi connectivity index (χ0v) is 11.8. The van der Waals surface area contributed by atoms with E-state index >= 15 is 0 Å². The molecule has 0 amide bonds. The Morgan fingerprint density at radius 2 is 1.90 bits per heavy atom. The van der Waals surface area contributed by atoms with E-state index in [0.717, 1.165) is 12.1 Å². The highest BCUT2D eigenvalue weighted by Crippen LogP contribution is 2.18. The number of rotatable bonds is 9. The smallest absolute Gasteiger partial charge is 0.146 e. The Bertz CT molecular complexity index is 416. The van der Waals surface area contributed by atoms with E-state index in [9.17, 15) is 13.9 Å². The number of nitrogens with one attached hydrogen (secondary N) is 1. The molecule has 20 heavy (non-hydrogen) atoms. The van der Waals surface area contributed by atoms with Crippen molar-refractivity contribution in [3.05, 3.63) is 29.3 Å². The number of benzene rings is 1. The van der Waals surface area contributed by atoms with Gasteiger partial charge in [-0.15, -0.1) is 0 Å². The minimum absolute atomic E-state index is 0.0291. The second-order valence-electron chi connectivity index (χ2n) is 4.39. The Labute approximate surface area is 117 Å². The highest BCUT2D eigenvalue weighted by Gasteiger charge is 2.09. The van der Waals surface area contributed by atoms with E-state index < -0.39 is 17.7 Å². The molecule has 0 fully saturated rings. The zero-order chi connectivity index (χ0) is 15.0. The quantitative estimate of drug-likeness (QED) is 0.684.